The van der Waals surface area contributed by atoms with E-state index in [1.165, 1.54) is 18.9 Å². The van der Waals surface area contributed by atoms with E-state index in [9.17, 15) is 4.39 Å². The minimum atomic E-state index is -0.215. The van der Waals surface area contributed by atoms with Gasteiger partial charge in [-0.25, -0.2) is 4.39 Å². The number of guanidine groups is 1. The molecule has 0 spiro atoms. The standard InChI is InChI=1S/C17H25FN4O.HI/c1-21(15-5-6-15)17(19)20-12-16(22-7-9-23-10-8-22)13-3-2-4-14(18)11-13;/h2-4,11,15-16H,5-10,12H2,1H3,(H2,19,20);1H. The first kappa shape index (κ1) is 19.4. The summed E-state index contributed by atoms with van der Waals surface area (Å²) in [6.45, 7) is 3.59. The minimum Gasteiger partial charge on any atom is -0.379 e. The van der Waals surface area contributed by atoms with Crippen molar-refractivity contribution in [2.24, 2.45) is 10.7 Å². The summed E-state index contributed by atoms with van der Waals surface area (Å²) >= 11 is 0. The number of halogens is 2. The molecule has 2 N–H and O–H groups in total. The Bertz CT molecular complexity index is 561. The second-order valence-electron chi connectivity index (χ2n) is 6.26. The van der Waals surface area contributed by atoms with E-state index in [0.717, 1.165) is 18.7 Å². The average molecular weight is 448 g/mol. The van der Waals surface area contributed by atoms with Crippen molar-refractivity contribution in [3.05, 3.63) is 35.6 Å². The molecule has 1 aliphatic heterocycles. The van der Waals surface area contributed by atoms with Gasteiger partial charge >= 0.3 is 0 Å². The molecule has 2 fully saturated rings. The van der Waals surface area contributed by atoms with Crippen LogP contribution in [0.3, 0.4) is 0 Å². The molecule has 1 aromatic rings. The molecule has 24 heavy (non-hydrogen) atoms. The van der Waals surface area contributed by atoms with Crippen molar-refractivity contribution >= 4 is 29.9 Å². The third kappa shape index (κ3) is 5.03. The van der Waals surface area contributed by atoms with Crippen molar-refractivity contribution in [3.8, 4) is 0 Å². The van der Waals surface area contributed by atoms with Crippen LogP contribution < -0.4 is 5.73 Å². The molecule has 0 radical (unpaired) electrons. The van der Waals surface area contributed by atoms with E-state index in [0.29, 0.717) is 31.8 Å². The molecule has 1 unspecified atom stereocenters. The molecule has 1 atom stereocenters. The number of aliphatic imine (C=N–C) groups is 1. The Morgan fingerprint density at radius 3 is 2.75 bits per heavy atom. The van der Waals surface area contributed by atoms with E-state index in [1.807, 2.05) is 18.0 Å². The van der Waals surface area contributed by atoms with Crippen LogP contribution in [0.25, 0.3) is 0 Å². The third-order valence-corrected chi connectivity index (χ3v) is 4.60. The van der Waals surface area contributed by atoms with Crippen LogP contribution in [0.15, 0.2) is 29.3 Å². The lowest BCUT2D eigenvalue weighted by Gasteiger charge is -2.34. The monoisotopic (exact) mass is 448 g/mol. The molecule has 1 aromatic carbocycles. The summed E-state index contributed by atoms with van der Waals surface area (Å²) in [6, 6.07) is 7.34. The summed E-state index contributed by atoms with van der Waals surface area (Å²) in [5.74, 6) is 0.356. The summed E-state index contributed by atoms with van der Waals surface area (Å²) in [5.41, 5.74) is 7.04. The van der Waals surface area contributed by atoms with Crippen LogP contribution in [-0.4, -0.2) is 61.7 Å². The van der Waals surface area contributed by atoms with Crippen LogP contribution >= 0.6 is 24.0 Å². The highest BCUT2D eigenvalue weighted by atomic mass is 127. The van der Waals surface area contributed by atoms with Crippen molar-refractivity contribution < 1.29 is 9.13 Å². The summed E-state index contributed by atoms with van der Waals surface area (Å²) in [4.78, 5) is 8.92. The topological polar surface area (TPSA) is 54.1 Å². The van der Waals surface area contributed by atoms with Gasteiger partial charge in [0.05, 0.1) is 25.8 Å². The predicted octanol–water partition coefficient (Wildman–Crippen LogP) is 2.23. The van der Waals surface area contributed by atoms with Crippen LogP contribution in [0.2, 0.25) is 0 Å². The Morgan fingerprint density at radius 2 is 2.12 bits per heavy atom. The Labute approximate surface area is 160 Å². The second kappa shape index (κ2) is 8.96. The fourth-order valence-corrected chi connectivity index (χ4v) is 2.98. The molecule has 0 amide bonds. The molecule has 0 aromatic heterocycles. The first-order valence-corrected chi connectivity index (χ1v) is 8.25. The fourth-order valence-electron chi connectivity index (χ4n) is 2.98. The maximum Gasteiger partial charge on any atom is 0.191 e. The zero-order valence-corrected chi connectivity index (χ0v) is 16.4. The first-order chi connectivity index (χ1) is 11.1. The summed E-state index contributed by atoms with van der Waals surface area (Å²) in [7, 11) is 1.99. The molecule has 1 saturated heterocycles. The third-order valence-electron chi connectivity index (χ3n) is 4.60. The highest BCUT2D eigenvalue weighted by Gasteiger charge is 2.28. The highest BCUT2D eigenvalue weighted by Crippen LogP contribution is 2.26. The van der Waals surface area contributed by atoms with Gasteiger partial charge < -0.3 is 15.4 Å². The second-order valence-corrected chi connectivity index (χ2v) is 6.26. The zero-order valence-electron chi connectivity index (χ0n) is 14.0. The maximum atomic E-state index is 13.6. The normalized spacial score (nSPS) is 20.3. The predicted molar refractivity (Wildman–Crippen MR) is 104 cm³/mol. The van der Waals surface area contributed by atoms with E-state index in [-0.39, 0.29) is 35.8 Å². The summed E-state index contributed by atoms with van der Waals surface area (Å²) < 4.78 is 19.1. The van der Waals surface area contributed by atoms with Crippen LogP contribution in [0.1, 0.15) is 24.4 Å². The van der Waals surface area contributed by atoms with Gasteiger partial charge in [-0.05, 0) is 30.5 Å². The number of ether oxygens (including phenoxy) is 1. The highest BCUT2D eigenvalue weighted by molar-refractivity contribution is 14.0. The van der Waals surface area contributed by atoms with E-state index in [2.05, 4.69) is 9.89 Å². The van der Waals surface area contributed by atoms with Crippen LogP contribution in [0, 0.1) is 5.82 Å². The van der Waals surface area contributed by atoms with E-state index in [4.69, 9.17) is 10.5 Å². The van der Waals surface area contributed by atoms with Crippen molar-refractivity contribution in [3.63, 3.8) is 0 Å². The van der Waals surface area contributed by atoms with Gasteiger partial charge in [0, 0.05) is 26.2 Å². The average Bonchev–Trinajstić information content (AvgIpc) is 3.40. The van der Waals surface area contributed by atoms with Crippen molar-refractivity contribution in [1.29, 1.82) is 0 Å². The fraction of sp³-hybridized carbons (Fsp3) is 0.588. The lowest BCUT2D eigenvalue weighted by atomic mass is 10.0. The molecule has 2 aliphatic rings. The number of benzene rings is 1. The largest absolute Gasteiger partial charge is 0.379 e. The van der Waals surface area contributed by atoms with Crippen LogP contribution in [-0.2, 0) is 4.74 Å². The SMILES string of the molecule is CN(C(N)=NCC(c1cccc(F)c1)N1CCOCC1)C1CC1.I. The van der Waals surface area contributed by atoms with Crippen molar-refractivity contribution in [2.45, 2.75) is 24.9 Å². The molecule has 1 saturated carbocycles. The number of nitrogens with two attached hydrogens (primary N) is 1. The number of rotatable bonds is 5. The molecule has 5 nitrogen and oxygen atoms in total. The molecule has 1 aliphatic carbocycles. The lowest BCUT2D eigenvalue weighted by molar-refractivity contribution is 0.0179. The van der Waals surface area contributed by atoms with Gasteiger partial charge in [-0.15, -0.1) is 24.0 Å². The molecule has 0 bridgehead atoms. The minimum absolute atomic E-state index is 0. The molecule has 7 heteroatoms. The van der Waals surface area contributed by atoms with Crippen LogP contribution in [0.5, 0.6) is 0 Å². The molecular weight excluding hydrogens is 422 g/mol. The van der Waals surface area contributed by atoms with Gasteiger partial charge in [-0.2, -0.15) is 0 Å². The number of morpholine rings is 1. The molecular formula is C17H26FIN4O. The van der Waals surface area contributed by atoms with Crippen molar-refractivity contribution in [2.75, 3.05) is 39.9 Å². The van der Waals surface area contributed by atoms with E-state index in [1.54, 1.807) is 12.1 Å². The van der Waals surface area contributed by atoms with Gasteiger partial charge in [0.25, 0.3) is 0 Å². The van der Waals surface area contributed by atoms with Gasteiger partial charge in [0.1, 0.15) is 5.82 Å². The molecule has 134 valence electrons. The Kier molecular flexibility index (Phi) is 7.24. The van der Waals surface area contributed by atoms with Crippen LogP contribution in [0.4, 0.5) is 4.39 Å². The van der Waals surface area contributed by atoms with Crippen molar-refractivity contribution in [1.82, 2.24) is 9.80 Å². The zero-order chi connectivity index (χ0) is 16.2. The summed E-state index contributed by atoms with van der Waals surface area (Å²) in [5, 5.41) is 0. The Balaban J connectivity index is 0.00000208. The maximum absolute atomic E-state index is 13.6. The number of hydrogen-bond donors (Lipinski definition) is 1. The van der Waals surface area contributed by atoms with Gasteiger partial charge in [0.15, 0.2) is 5.96 Å². The number of hydrogen-bond acceptors (Lipinski definition) is 3. The Hall–Kier alpha value is -0.930. The Morgan fingerprint density at radius 1 is 1.42 bits per heavy atom. The lowest BCUT2D eigenvalue weighted by Crippen LogP contribution is -2.41. The first-order valence-electron chi connectivity index (χ1n) is 8.25. The van der Waals surface area contributed by atoms with E-state index >= 15 is 0 Å². The number of nitrogens with zero attached hydrogens (tertiary/aromatic N) is 3. The van der Waals surface area contributed by atoms with Gasteiger partial charge in [-0.3, -0.25) is 9.89 Å². The van der Waals surface area contributed by atoms with Gasteiger partial charge in [0.2, 0.25) is 0 Å². The quantitative estimate of drug-likeness (QED) is 0.427. The smallest absolute Gasteiger partial charge is 0.191 e. The summed E-state index contributed by atoms with van der Waals surface area (Å²) in [6.07, 6.45) is 2.37. The molecule has 3 rings (SSSR count). The van der Waals surface area contributed by atoms with E-state index < -0.39 is 0 Å². The molecule has 1 heterocycles. The van der Waals surface area contributed by atoms with Gasteiger partial charge in [-0.1, -0.05) is 12.1 Å².